The van der Waals surface area contributed by atoms with Gasteiger partial charge in [0.2, 0.25) is 6.17 Å². The van der Waals surface area contributed by atoms with Gasteiger partial charge in [-0.15, -0.1) is 0 Å². The van der Waals surface area contributed by atoms with E-state index in [0.29, 0.717) is 15.5 Å². The Balaban J connectivity index is 1.81. The van der Waals surface area contributed by atoms with Crippen molar-refractivity contribution in [3.8, 4) is 0 Å². The number of hydrogen-bond donors (Lipinski definition) is 1. The summed E-state index contributed by atoms with van der Waals surface area (Å²) in [5, 5.41) is 0. The Hall–Kier alpha value is -2.54. The van der Waals surface area contributed by atoms with Gasteiger partial charge in [-0.3, -0.25) is 9.78 Å². The predicted octanol–water partition coefficient (Wildman–Crippen LogP) is 3.44. The van der Waals surface area contributed by atoms with Gasteiger partial charge in [0.05, 0.1) is 16.6 Å². The summed E-state index contributed by atoms with van der Waals surface area (Å²) in [6.07, 6.45) is -0.655. The molecule has 7 heteroatoms. The topological polar surface area (TPSA) is 72.0 Å². The highest BCUT2D eigenvalue weighted by molar-refractivity contribution is 9.10. The van der Waals surface area contributed by atoms with E-state index in [4.69, 9.17) is 4.74 Å². The van der Waals surface area contributed by atoms with Crippen LogP contribution in [0.2, 0.25) is 0 Å². The molecule has 122 valence electrons. The first-order valence-corrected chi connectivity index (χ1v) is 7.87. The third kappa shape index (κ3) is 3.51. The predicted molar refractivity (Wildman–Crippen MR) is 90.2 cm³/mol. The standard InChI is InChI=1S/C17H12BrFN2O3/c18-11-6-14-13(20-8-11)7-12(16(22)21-14)15(19)17(23)24-9-10-4-2-1-3-5-10/h1-8,15H,9H2,(H,21,22). The molecule has 0 aliphatic carbocycles. The number of hydrogen-bond acceptors (Lipinski definition) is 4. The number of carbonyl (C=O) groups excluding carboxylic acids is 1. The van der Waals surface area contributed by atoms with Crippen molar-refractivity contribution in [3.63, 3.8) is 0 Å². The summed E-state index contributed by atoms with van der Waals surface area (Å²) >= 11 is 3.24. The van der Waals surface area contributed by atoms with Gasteiger partial charge in [0.25, 0.3) is 5.56 Å². The van der Waals surface area contributed by atoms with E-state index in [1.165, 1.54) is 12.3 Å². The summed E-state index contributed by atoms with van der Waals surface area (Å²) in [6, 6.07) is 11.8. The second-order valence-electron chi connectivity index (χ2n) is 5.10. The number of carbonyl (C=O) groups is 1. The largest absolute Gasteiger partial charge is 0.458 e. The van der Waals surface area contributed by atoms with Gasteiger partial charge in [-0.05, 0) is 33.6 Å². The fraction of sp³-hybridized carbons (Fsp3) is 0.118. The molecule has 1 N–H and O–H groups in total. The average molecular weight is 391 g/mol. The van der Waals surface area contributed by atoms with Crippen LogP contribution in [0, 0.1) is 0 Å². The van der Waals surface area contributed by atoms with Gasteiger partial charge in [0, 0.05) is 10.7 Å². The van der Waals surface area contributed by atoms with Crippen molar-refractivity contribution in [1.29, 1.82) is 0 Å². The third-order valence-electron chi connectivity index (χ3n) is 3.39. The first-order chi connectivity index (χ1) is 11.5. The molecule has 1 unspecified atom stereocenters. The van der Waals surface area contributed by atoms with Crippen molar-refractivity contribution in [2.45, 2.75) is 12.8 Å². The normalized spacial score (nSPS) is 12.1. The minimum absolute atomic E-state index is 0.0588. The summed E-state index contributed by atoms with van der Waals surface area (Å²) in [5.41, 5.74) is 0.549. The highest BCUT2D eigenvalue weighted by Gasteiger charge is 2.25. The van der Waals surface area contributed by atoms with Crippen molar-refractivity contribution in [2.24, 2.45) is 0 Å². The van der Waals surface area contributed by atoms with Gasteiger partial charge < -0.3 is 9.72 Å². The first kappa shape index (κ1) is 16.3. The number of esters is 1. The van der Waals surface area contributed by atoms with Crippen molar-refractivity contribution < 1.29 is 13.9 Å². The molecular formula is C17H12BrFN2O3. The van der Waals surface area contributed by atoms with Gasteiger partial charge in [-0.25, -0.2) is 9.18 Å². The lowest BCUT2D eigenvalue weighted by molar-refractivity contribution is -0.151. The van der Waals surface area contributed by atoms with Crippen LogP contribution in [-0.2, 0) is 16.1 Å². The van der Waals surface area contributed by atoms with E-state index < -0.39 is 17.7 Å². The Bertz CT molecular complexity index is 943. The lowest BCUT2D eigenvalue weighted by atomic mass is 10.1. The number of fused-ring (bicyclic) bond motifs is 1. The Morgan fingerprint density at radius 3 is 2.79 bits per heavy atom. The second-order valence-corrected chi connectivity index (χ2v) is 6.01. The minimum Gasteiger partial charge on any atom is -0.458 e. The fourth-order valence-electron chi connectivity index (χ4n) is 2.19. The van der Waals surface area contributed by atoms with Gasteiger partial charge >= 0.3 is 5.97 Å². The molecule has 0 saturated heterocycles. The van der Waals surface area contributed by atoms with E-state index in [0.717, 1.165) is 5.56 Å². The molecule has 0 aliphatic heterocycles. The number of alkyl halides is 1. The maximum absolute atomic E-state index is 14.4. The van der Waals surface area contributed by atoms with Crippen molar-refractivity contribution in [3.05, 3.63) is 74.6 Å². The lowest BCUT2D eigenvalue weighted by Gasteiger charge is -2.09. The summed E-state index contributed by atoms with van der Waals surface area (Å²) in [5.74, 6) is -1.11. The highest BCUT2D eigenvalue weighted by Crippen LogP contribution is 2.20. The first-order valence-electron chi connectivity index (χ1n) is 7.08. The van der Waals surface area contributed by atoms with E-state index in [9.17, 15) is 14.0 Å². The number of aromatic nitrogens is 2. The zero-order chi connectivity index (χ0) is 17.1. The summed E-state index contributed by atoms with van der Waals surface area (Å²) in [4.78, 5) is 30.5. The molecule has 1 aromatic carbocycles. The quantitative estimate of drug-likeness (QED) is 0.692. The van der Waals surface area contributed by atoms with Gasteiger partial charge in [-0.2, -0.15) is 0 Å². The summed E-state index contributed by atoms with van der Waals surface area (Å²) in [6.45, 7) is -0.0588. The molecule has 0 amide bonds. The van der Waals surface area contributed by atoms with Gasteiger partial charge in [-0.1, -0.05) is 30.3 Å². The number of ether oxygens (including phenoxy) is 1. The summed E-state index contributed by atoms with van der Waals surface area (Å²) in [7, 11) is 0. The van der Waals surface area contributed by atoms with Crippen LogP contribution < -0.4 is 5.56 Å². The van der Waals surface area contributed by atoms with Crippen LogP contribution in [-0.4, -0.2) is 15.9 Å². The molecule has 5 nitrogen and oxygen atoms in total. The number of H-pyrrole nitrogens is 1. The summed E-state index contributed by atoms with van der Waals surface area (Å²) < 4.78 is 20.0. The van der Waals surface area contributed by atoms with E-state index in [1.54, 1.807) is 30.3 Å². The van der Waals surface area contributed by atoms with Crippen molar-refractivity contribution in [1.82, 2.24) is 9.97 Å². The molecule has 1 atom stereocenters. The number of benzene rings is 1. The van der Waals surface area contributed by atoms with Crippen LogP contribution in [0.5, 0.6) is 0 Å². The molecule has 0 fully saturated rings. The molecule has 0 aliphatic rings. The average Bonchev–Trinajstić information content (AvgIpc) is 2.59. The number of aromatic amines is 1. The molecule has 3 rings (SSSR count). The van der Waals surface area contributed by atoms with Crippen LogP contribution in [0.4, 0.5) is 4.39 Å². The zero-order valence-corrected chi connectivity index (χ0v) is 13.9. The van der Waals surface area contributed by atoms with Crippen LogP contribution in [0.25, 0.3) is 11.0 Å². The fourth-order valence-corrected chi connectivity index (χ4v) is 2.52. The third-order valence-corrected chi connectivity index (χ3v) is 3.83. The van der Waals surface area contributed by atoms with Gasteiger partial charge in [0.1, 0.15) is 6.61 Å². The van der Waals surface area contributed by atoms with Gasteiger partial charge in [0.15, 0.2) is 0 Å². The Kier molecular flexibility index (Phi) is 4.71. The SMILES string of the molecule is O=C(OCc1ccccc1)C(F)c1cc2ncc(Br)cc2[nH]c1=O. The van der Waals surface area contributed by atoms with Crippen molar-refractivity contribution >= 4 is 32.9 Å². The van der Waals surface area contributed by atoms with E-state index in [2.05, 4.69) is 25.9 Å². The van der Waals surface area contributed by atoms with Crippen LogP contribution in [0.15, 0.2) is 57.9 Å². The van der Waals surface area contributed by atoms with E-state index >= 15 is 0 Å². The maximum Gasteiger partial charge on any atom is 0.346 e. The molecule has 0 bridgehead atoms. The lowest BCUT2D eigenvalue weighted by Crippen LogP contribution is -2.21. The van der Waals surface area contributed by atoms with E-state index in [1.807, 2.05) is 6.07 Å². The molecule has 0 spiro atoms. The number of rotatable bonds is 4. The molecule has 0 radical (unpaired) electrons. The van der Waals surface area contributed by atoms with Crippen LogP contribution in [0.3, 0.4) is 0 Å². The Morgan fingerprint density at radius 2 is 2.04 bits per heavy atom. The number of halogens is 2. The van der Waals surface area contributed by atoms with Crippen LogP contribution in [0.1, 0.15) is 17.3 Å². The second kappa shape index (κ2) is 6.92. The van der Waals surface area contributed by atoms with E-state index in [-0.39, 0.29) is 12.2 Å². The molecule has 3 aromatic rings. The number of pyridine rings is 2. The number of nitrogens with zero attached hydrogens (tertiary/aromatic N) is 1. The maximum atomic E-state index is 14.4. The smallest absolute Gasteiger partial charge is 0.346 e. The molecule has 24 heavy (non-hydrogen) atoms. The molecule has 2 heterocycles. The monoisotopic (exact) mass is 390 g/mol. The zero-order valence-electron chi connectivity index (χ0n) is 12.3. The van der Waals surface area contributed by atoms with Crippen LogP contribution >= 0.6 is 15.9 Å². The minimum atomic E-state index is -2.17. The molecular weight excluding hydrogens is 379 g/mol. The number of nitrogens with one attached hydrogen (secondary N) is 1. The highest BCUT2D eigenvalue weighted by atomic mass is 79.9. The Morgan fingerprint density at radius 1 is 1.29 bits per heavy atom. The Labute approximate surface area is 144 Å². The molecule has 2 aromatic heterocycles. The van der Waals surface area contributed by atoms with Crippen molar-refractivity contribution in [2.75, 3.05) is 0 Å². The molecule has 0 saturated carbocycles.